The van der Waals surface area contributed by atoms with E-state index in [2.05, 4.69) is 15.9 Å². The number of amides is 2. The molecule has 3 rings (SSSR count). The molecule has 7 heteroatoms. The normalized spacial score (nSPS) is 15.2. The van der Waals surface area contributed by atoms with E-state index in [9.17, 15) is 9.59 Å². The van der Waals surface area contributed by atoms with Crippen molar-refractivity contribution >= 4 is 44.9 Å². The number of imide groups is 1. The molecule has 1 fully saturated rings. The number of halogens is 1. The van der Waals surface area contributed by atoms with E-state index in [1.807, 2.05) is 56.3 Å². The Bertz CT molecular complexity index is 943. The lowest BCUT2D eigenvalue weighted by Crippen LogP contribution is -2.29. The molecular weight excluding hydrogens is 466 g/mol. The van der Waals surface area contributed by atoms with E-state index in [-0.39, 0.29) is 11.1 Å². The standard InChI is InChI=1S/C23H24BrNO4S/c1-3-5-12-25-22(26)21(30-23(25)27)14-17-8-11-19(20(13-17)28-4-2)29-15-16-6-9-18(24)10-7-16/h6-11,13-14H,3-5,12,15H2,1-2H3/b21-14-. The average Bonchev–Trinajstić information content (AvgIpc) is 3.00. The van der Waals surface area contributed by atoms with E-state index in [4.69, 9.17) is 9.47 Å². The number of carbonyl (C=O) groups is 2. The molecule has 0 N–H and O–H groups in total. The Kier molecular flexibility index (Phi) is 7.99. The minimum absolute atomic E-state index is 0.209. The van der Waals surface area contributed by atoms with E-state index in [1.54, 1.807) is 6.08 Å². The van der Waals surface area contributed by atoms with Crippen molar-refractivity contribution in [1.29, 1.82) is 0 Å². The van der Waals surface area contributed by atoms with Crippen LogP contribution in [0, 0.1) is 0 Å². The fourth-order valence-electron chi connectivity index (χ4n) is 2.90. The van der Waals surface area contributed by atoms with Crippen LogP contribution in [0.3, 0.4) is 0 Å². The first-order valence-corrected chi connectivity index (χ1v) is 11.5. The van der Waals surface area contributed by atoms with Gasteiger partial charge in [-0.1, -0.05) is 47.5 Å². The van der Waals surface area contributed by atoms with Gasteiger partial charge < -0.3 is 9.47 Å². The fraction of sp³-hybridized carbons (Fsp3) is 0.304. The van der Waals surface area contributed by atoms with Gasteiger partial charge in [-0.25, -0.2) is 0 Å². The monoisotopic (exact) mass is 489 g/mol. The summed E-state index contributed by atoms with van der Waals surface area (Å²) in [6.07, 6.45) is 3.47. The number of benzene rings is 2. The van der Waals surface area contributed by atoms with Gasteiger partial charge in [-0.2, -0.15) is 0 Å². The summed E-state index contributed by atoms with van der Waals surface area (Å²) in [6, 6.07) is 13.5. The van der Waals surface area contributed by atoms with Gasteiger partial charge in [-0.15, -0.1) is 0 Å². The van der Waals surface area contributed by atoms with E-state index >= 15 is 0 Å². The molecule has 1 aliphatic rings. The van der Waals surface area contributed by atoms with Crippen LogP contribution in [0.25, 0.3) is 6.08 Å². The third-order valence-corrected chi connectivity index (χ3v) is 5.92. The van der Waals surface area contributed by atoms with Gasteiger partial charge in [-0.3, -0.25) is 14.5 Å². The second kappa shape index (κ2) is 10.7. The summed E-state index contributed by atoms with van der Waals surface area (Å²) in [7, 11) is 0. The number of hydrogen-bond acceptors (Lipinski definition) is 5. The number of ether oxygens (including phenoxy) is 2. The number of rotatable bonds is 9. The Morgan fingerprint density at radius 3 is 2.50 bits per heavy atom. The molecule has 0 bridgehead atoms. The first-order valence-electron chi connectivity index (χ1n) is 9.91. The molecule has 30 heavy (non-hydrogen) atoms. The highest BCUT2D eigenvalue weighted by Gasteiger charge is 2.34. The zero-order valence-corrected chi connectivity index (χ0v) is 19.4. The molecule has 1 aliphatic heterocycles. The van der Waals surface area contributed by atoms with Crippen molar-refractivity contribution in [2.24, 2.45) is 0 Å². The minimum Gasteiger partial charge on any atom is -0.490 e. The summed E-state index contributed by atoms with van der Waals surface area (Å²) in [6.45, 7) is 5.31. The molecule has 1 heterocycles. The first-order chi connectivity index (χ1) is 14.5. The second-order valence-corrected chi connectivity index (χ2v) is 8.65. The van der Waals surface area contributed by atoms with Crippen LogP contribution in [0.1, 0.15) is 37.8 Å². The van der Waals surface area contributed by atoms with Crippen molar-refractivity contribution in [2.45, 2.75) is 33.3 Å². The minimum atomic E-state index is -0.230. The van der Waals surface area contributed by atoms with Crippen LogP contribution < -0.4 is 9.47 Å². The summed E-state index contributed by atoms with van der Waals surface area (Å²) in [5.74, 6) is 1.01. The van der Waals surface area contributed by atoms with Crippen LogP contribution in [0.4, 0.5) is 4.79 Å². The molecule has 2 aromatic rings. The Morgan fingerprint density at radius 2 is 1.80 bits per heavy atom. The van der Waals surface area contributed by atoms with Crippen LogP contribution in [-0.2, 0) is 11.4 Å². The maximum absolute atomic E-state index is 12.5. The van der Waals surface area contributed by atoms with E-state index in [0.29, 0.717) is 36.2 Å². The van der Waals surface area contributed by atoms with Gasteiger partial charge in [0.25, 0.3) is 11.1 Å². The van der Waals surface area contributed by atoms with E-state index in [1.165, 1.54) is 4.90 Å². The molecule has 1 saturated heterocycles. The molecule has 0 aromatic heterocycles. The number of unbranched alkanes of at least 4 members (excludes halogenated alkanes) is 1. The van der Waals surface area contributed by atoms with Crippen molar-refractivity contribution in [1.82, 2.24) is 4.90 Å². The van der Waals surface area contributed by atoms with Crippen molar-refractivity contribution in [3.63, 3.8) is 0 Å². The molecule has 158 valence electrons. The summed E-state index contributed by atoms with van der Waals surface area (Å²) < 4.78 is 12.7. The van der Waals surface area contributed by atoms with Crippen molar-refractivity contribution in [2.75, 3.05) is 13.2 Å². The fourth-order valence-corrected chi connectivity index (χ4v) is 4.03. The highest BCUT2D eigenvalue weighted by Crippen LogP contribution is 2.35. The number of carbonyl (C=O) groups excluding carboxylic acids is 2. The van der Waals surface area contributed by atoms with Crippen molar-refractivity contribution in [3.05, 3.63) is 63.0 Å². The van der Waals surface area contributed by atoms with Crippen molar-refractivity contribution < 1.29 is 19.1 Å². The second-order valence-electron chi connectivity index (χ2n) is 6.74. The Balaban J connectivity index is 1.75. The molecule has 0 spiro atoms. The highest BCUT2D eigenvalue weighted by atomic mass is 79.9. The molecular formula is C23H24BrNO4S. The van der Waals surface area contributed by atoms with Crippen LogP contribution >= 0.6 is 27.7 Å². The molecule has 0 unspecified atom stereocenters. The highest BCUT2D eigenvalue weighted by molar-refractivity contribution is 9.10. The molecule has 0 saturated carbocycles. The molecule has 0 aliphatic carbocycles. The zero-order valence-electron chi connectivity index (χ0n) is 17.0. The molecule has 2 amide bonds. The Hall–Kier alpha value is -2.25. The van der Waals surface area contributed by atoms with Crippen LogP contribution in [0.2, 0.25) is 0 Å². The summed E-state index contributed by atoms with van der Waals surface area (Å²) in [5.41, 5.74) is 1.83. The van der Waals surface area contributed by atoms with Gasteiger partial charge >= 0.3 is 0 Å². The third-order valence-electron chi connectivity index (χ3n) is 4.48. The predicted octanol–water partition coefficient (Wildman–Crippen LogP) is 6.26. The number of nitrogens with zero attached hydrogens (tertiary/aromatic N) is 1. The van der Waals surface area contributed by atoms with E-state index < -0.39 is 0 Å². The van der Waals surface area contributed by atoms with Gasteiger partial charge in [0, 0.05) is 11.0 Å². The molecule has 5 nitrogen and oxygen atoms in total. The summed E-state index contributed by atoms with van der Waals surface area (Å²) in [5, 5.41) is -0.209. The van der Waals surface area contributed by atoms with Gasteiger partial charge in [0.2, 0.25) is 0 Å². The molecule has 2 aromatic carbocycles. The smallest absolute Gasteiger partial charge is 0.293 e. The Morgan fingerprint density at radius 1 is 1.03 bits per heavy atom. The molecule has 0 radical (unpaired) electrons. The topological polar surface area (TPSA) is 55.8 Å². The SMILES string of the molecule is CCCCN1C(=O)S/C(=C\c2ccc(OCc3ccc(Br)cc3)c(OCC)c2)C1=O. The van der Waals surface area contributed by atoms with Gasteiger partial charge in [0.05, 0.1) is 11.5 Å². The zero-order chi connectivity index (χ0) is 21.5. The maximum atomic E-state index is 12.5. The quantitative estimate of drug-likeness (QED) is 0.388. The average molecular weight is 490 g/mol. The predicted molar refractivity (Wildman–Crippen MR) is 124 cm³/mol. The lowest BCUT2D eigenvalue weighted by Gasteiger charge is -2.13. The van der Waals surface area contributed by atoms with Crippen LogP contribution in [0.15, 0.2) is 51.8 Å². The number of hydrogen-bond donors (Lipinski definition) is 0. The van der Waals surface area contributed by atoms with Crippen LogP contribution in [-0.4, -0.2) is 29.2 Å². The van der Waals surface area contributed by atoms with Gasteiger partial charge in [-0.05, 0) is 66.6 Å². The molecule has 0 atom stereocenters. The van der Waals surface area contributed by atoms with E-state index in [0.717, 1.165) is 40.2 Å². The summed E-state index contributed by atoms with van der Waals surface area (Å²) in [4.78, 5) is 26.4. The maximum Gasteiger partial charge on any atom is 0.293 e. The van der Waals surface area contributed by atoms with Crippen molar-refractivity contribution in [3.8, 4) is 11.5 Å². The van der Waals surface area contributed by atoms with Crippen LogP contribution in [0.5, 0.6) is 11.5 Å². The lowest BCUT2D eigenvalue weighted by molar-refractivity contribution is -0.122. The summed E-state index contributed by atoms with van der Waals surface area (Å²) >= 11 is 4.41. The first kappa shape index (κ1) is 22.4. The number of thioether (sulfide) groups is 1. The third kappa shape index (κ3) is 5.67. The Labute approximate surface area is 189 Å². The lowest BCUT2D eigenvalue weighted by atomic mass is 10.1. The van der Waals surface area contributed by atoms with Gasteiger partial charge in [0.1, 0.15) is 6.61 Å². The largest absolute Gasteiger partial charge is 0.490 e. The van der Waals surface area contributed by atoms with Gasteiger partial charge in [0.15, 0.2) is 11.5 Å².